The predicted octanol–water partition coefficient (Wildman–Crippen LogP) is 1.46. The van der Waals surface area contributed by atoms with Gasteiger partial charge in [-0.1, -0.05) is 10.2 Å². The minimum absolute atomic E-state index is 1.42. The molecule has 0 N–H and O–H groups in total. The summed E-state index contributed by atoms with van der Waals surface area (Å²) < 4.78 is 8.10. The van der Waals surface area contributed by atoms with Crippen molar-refractivity contribution < 1.29 is 19.1 Å². The van der Waals surface area contributed by atoms with Crippen LogP contribution < -0.4 is 0 Å². The summed E-state index contributed by atoms with van der Waals surface area (Å²) in [7, 11) is 0. The molecule has 6 heteroatoms. The minimum atomic E-state index is -2.24. The second-order valence-electron chi connectivity index (χ2n) is 2.64. The lowest BCUT2D eigenvalue weighted by atomic mass is 10.2. The van der Waals surface area contributed by atoms with Crippen molar-refractivity contribution in [2.45, 2.75) is 11.2 Å². The number of azo groups is 1. The molecule has 0 atom stereocenters. The largest absolute Gasteiger partial charge is 0.453 e. The fraction of sp³-hybridized carbons (Fsp3) is 0.200. The van der Waals surface area contributed by atoms with Crippen molar-refractivity contribution in [2.75, 3.05) is 0 Å². The fourth-order valence-corrected chi connectivity index (χ4v) is 0.425. The van der Waals surface area contributed by atoms with Crippen molar-refractivity contribution in [1.29, 1.82) is 0 Å². The number of ether oxygens (including phenoxy) is 2. The van der Waals surface area contributed by atoms with Crippen LogP contribution in [0.4, 0.5) is 9.59 Å². The quantitative estimate of drug-likeness (QED) is 0.657. The molecule has 12 radical (unpaired) electrons. The summed E-state index contributed by atoms with van der Waals surface area (Å²) in [5.41, 5.74) is -4.47. The highest BCUT2D eigenvalue weighted by Gasteiger charge is 2.19. The van der Waals surface area contributed by atoms with Gasteiger partial charge in [-0.2, -0.15) is 0 Å². The van der Waals surface area contributed by atoms with Crippen LogP contribution in [-0.4, -0.2) is 23.4 Å². The van der Waals surface area contributed by atoms with Gasteiger partial charge in [-0.25, -0.2) is 9.59 Å². The monoisotopic (exact) mass is 218 g/mol. The second kappa shape index (κ2) is 5.05. The fourth-order valence-electron chi connectivity index (χ4n) is 0.425. The molecule has 0 aliphatic carbocycles. The van der Waals surface area contributed by atoms with Gasteiger partial charge in [0.05, 0.1) is 0 Å². The molecule has 80 valence electrons. The number of rotatable bonds is 2. The van der Waals surface area contributed by atoms with Crippen LogP contribution in [0.2, 0.25) is 0 Å². The Labute approximate surface area is 95.0 Å². The molecule has 0 aliphatic rings. The van der Waals surface area contributed by atoms with E-state index in [1.807, 2.05) is 0 Å². The van der Waals surface area contributed by atoms with Crippen LogP contribution in [-0.2, 0) is 9.47 Å². The molecule has 0 fully saturated rings. The first-order chi connectivity index (χ1) is 6.99. The van der Waals surface area contributed by atoms with Gasteiger partial charge in [0, 0.05) is 41.5 Å². The van der Waals surface area contributed by atoms with E-state index in [2.05, 4.69) is 19.7 Å². The van der Waals surface area contributed by atoms with Gasteiger partial charge < -0.3 is 9.47 Å². The van der Waals surface area contributed by atoms with E-state index in [0.29, 0.717) is 0 Å². The van der Waals surface area contributed by atoms with Crippen molar-refractivity contribution in [3.05, 3.63) is 41.5 Å². The van der Waals surface area contributed by atoms with Crippen LogP contribution in [0.25, 0.3) is 0 Å². The zero-order valence-electron chi connectivity index (χ0n) is 7.99. The first kappa shape index (κ1) is 14.5. The average Bonchev–Trinajstić information content (AvgIpc) is 1.94. The van der Waals surface area contributed by atoms with Crippen molar-refractivity contribution in [1.82, 2.24) is 0 Å². The Balaban J connectivity index is 4.20. The third-order valence-electron chi connectivity index (χ3n) is 0.741. The SMILES string of the molecule is [CH]C([CH])([CH])OC(=O)/N=N\C(=O)OC([CH])([CH])[CH]. The summed E-state index contributed by atoms with van der Waals surface area (Å²) in [4.78, 5) is 21.4. The summed E-state index contributed by atoms with van der Waals surface area (Å²) >= 11 is 0. The lowest BCUT2D eigenvalue weighted by Crippen LogP contribution is -2.24. The topological polar surface area (TPSA) is 77.3 Å². The Morgan fingerprint density at radius 1 is 0.750 bits per heavy atom. The van der Waals surface area contributed by atoms with E-state index >= 15 is 0 Å². The maximum atomic E-state index is 10.7. The molecule has 0 saturated carbocycles. The van der Waals surface area contributed by atoms with E-state index in [1.165, 1.54) is 0 Å². The molecule has 0 bridgehead atoms. The van der Waals surface area contributed by atoms with E-state index in [1.54, 1.807) is 0 Å². The predicted molar refractivity (Wildman–Crippen MR) is 49.1 cm³/mol. The molecule has 0 aromatic carbocycles. The molecule has 16 heavy (non-hydrogen) atoms. The molecule has 0 heterocycles. The van der Waals surface area contributed by atoms with Crippen molar-refractivity contribution in [2.24, 2.45) is 10.2 Å². The van der Waals surface area contributed by atoms with Crippen LogP contribution in [0.5, 0.6) is 0 Å². The average molecular weight is 218 g/mol. The Morgan fingerprint density at radius 2 is 1.00 bits per heavy atom. The van der Waals surface area contributed by atoms with E-state index < -0.39 is 23.4 Å². The van der Waals surface area contributed by atoms with Crippen LogP contribution in [0, 0.1) is 41.5 Å². The number of carbonyl (C=O) groups is 2. The van der Waals surface area contributed by atoms with Gasteiger partial charge in [0.1, 0.15) is 11.2 Å². The summed E-state index contributed by atoms with van der Waals surface area (Å²) in [5, 5.41) is 5.35. The third kappa shape index (κ3) is 9.11. The molecule has 0 unspecified atom stereocenters. The van der Waals surface area contributed by atoms with E-state index in [-0.39, 0.29) is 0 Å². The summed E-state index contributed by atoms with van der Waals surface area (Å²) in [6, 6.07) is 0. The van der Waals surface area contributed by atoms with Crippen molar-refractivity contribution in [3.63, 3.8) is 0 Å². The highest BCUT2D eigenvalue weighted by Crippen LogP contribution is 2.08. The molecule has 2 amide bonds. The van der Waals surface area contributed by atoms with Crippen LogP contribution in [0.15, 0.2) is 10.2 Å². The smallest absolute Gasteiger partial charge is 0.439 e. The van der Waals surface area contributed by atoms with Crippen LogP contribution in [0.3, 0.4) is 0 Å². The van der Waals surface area contributed by atoms with Gasteiger partial charge in [0.25, 0.3) is 0 Å². The number of amides is 2. The summed E-state index contributed by atoms with van der Waals surface area (Å²) in [6.07, 6.45) is -2.83. The molecule has 0 rings (SSSR count). The summed E-state index contributed by atoms with van der Waals surface area (Å²) in [5.74, 6) is 0. The number of carbonyl (C=O) groups excluding carboxylic acids is 2. The minimum Gasteiger partial charge on any atom is -0.439 e. The lowest BCUT2D eigenvalue weighted by molar-refractivity contribution is 0.0996. The molecule has 0 aliphatic heterocycles. The maximum absolute atomic E-state index is 10.7. The molecule has 0 saturated heterocycles. The Morgan fingerprint density at radius 3 is 1.19 bits per heavy atom. The lowest BCUT2D eigenvalue weighted by Gasteiger charge is -2.16. The number of nitrogens with zero attached hydrogens (tertiary/aromatic N) is 2. The zero-order valence-corrected chi connectivity index (χ0v) is 7.99. The van der Waals surface area contributed by atoms with E-state index in [4.69, 9.17) is 41.5 Å². The first-order valence-corrected chi connectivity index (χ1v) is 3.60. The Kier molecular flexibility index (Phi) is 4.59. The van der Waals surface area contributed by atoms with Gasteiger partial charge in [-0.15, -0.1) is 0 Å². The van der Waals surface area contributed by atoms with E-state index in [0.717, 1.165) is 0 Å². The summed E-state index contributed by atoms with van der Waals surface area (Å²) in [6.45, 7) is 29.3. The van der Waals surface area contributed by atoms with Gasteiger partial charge >= 0.3 is 12.2 Å². The third-order valence-corrected chi connectivity index (χ3v) is 0.741. The highest BCUT2D eigenvalue weighted by atomic mass is 16.6. The Hall–Kier alpha value is -1.46. The second-order valence-corrected chi connectivity index (χ2v) is 2.64. The molecular formula is C10H6N2O4. The highest BCUT2D eigenvalue weighted by molar-refractivity contribution is 5.73. The number of hydrogen-bond acceptors (Lipinski definition) is 4. The van der Waals surface area contributed by atoms with Gasteiger partial charge in [-0.3, -0.25) is 0 Å². The Bertz CT molecular complexity index is 267. The standard InChI is InChI=1S/C10H6N2O4/c1-9(2,3)15-7(13)11-12-8(14)16-10(4,5)6/h1-6H/b12-11-. The van der Waals surface area contributed by atoms with Crippen molar-refractivity contribution in [3.8, 4) is 0 Å². The van der Waals surface area contributed by atoms with E-state index in [9.17, 15) is 9.59 Å². The van der Waals surface area contributed by atoms with Crippen LogP contribution >= 0.6 is 0 Å². The first-order valence-electron chi connectivity index (χ1n) is 3.60. The molecule has 0 aromatic rings. The van der Waals surface area contributed by atoms with Gasteiger partial charge in [0.2, 0.25) is 0 Å². The van der Waals surface area contributed by atoms with Crippen LogP contribution in [0.1, 0.15) is 0 Å². The van der Waals surface area contributed by atoms with Gasteiger partial charge in [0.15, 0.2) is 0 Å². The molecule has 0 spiro atoms. The van der Waals surface area contributed by atoms with Gasteiger partial charge in [-0.05, 0) is 0 Å². The normalized spacial score (nSPS) is 12.6. The molecular weight excluding hydrogens is 212 g/mol. The maximum Gasteiger partial charge on any atom is 0.453 e. The zero-order chi connectivity index (χ0) is 13.0. The molecule has 0 aromatic heterocycles. The number of hydrogen-bond donors (Lipinski definition) is 0. The van der Waals surface area contributed by atoms with Crippen molar-refractivity contribution >= 4 is 12.2 Å². The molecule has 6 nitrogen and oxygen atoms in total.